The van der Waals surface area contributed by atoms with Crippen LogP contribution in [-0.2, 0) is 0 Å². The van der Waals surface area contributed by atoms with E-state index >= 15 is 0 Å². The van der Waals surface area contributed by atoms with Crippen molar-refractivity contribution < 1.29 is 0 Å². The lowest BCUT2D eigenvalue weighted by molar-refractivity contribution is 1.03. The van der Waals surface area contributed by atoms with Crippen molar-refractivity contribution in [2.75, 3.05) is 0 Å². The topological polar surface area (TPSA) is 45.5 Å². The number of allylic oxidation sites excluding steroid dienone is 4. The van der Waals surface area contributed by atoms with E-state index in [1.165, 1.54) is 60.0 Å². The van der Waals surface area contributed by atoms with Crippen LogP contribution < -0.4 is 0 Å². The zero-order chi connectivity index (χ0) is 49.8. The largest absolute Gasteiger partial charge is 0.309 e. The SMILES string of the molecule is C1=CCCC(c2nc3c4cc(-c5ccc6c(c5)c5ccc7c8ccccc8n(-c8ccccc8)c7c5n6-c5ccccc5)ccc4n(-c4ccc5c(c4)c4ccccc4n5-c4ccccc4)c3nc2-c2ccccc2)=C1. The minimum atomic E-state index is 0.826. The summed E-state index contributed by atoms with van der Waals surface area (Å²) < 4.78 is 9.64. The van der Waals surface area contributed by atoms with Crippen LogP contribution in [-0.4, -0.2) is 28.2 Å². The highest BCUT2D eigenvalue weighted by Crippen LogP contribution is 2.45. The summed E-state index contributed by atoms with van der Waals surface area (Å²) in [7, 11) is 0. The summed E-state index contributed by atoms with van der Waals surface area (Å²) in [5.74, 6) is 0. The van der Waals surface area contributed by atoms with Gasteiger partial charge < -0.3 is 13.7 Å². The summed E-state index contributed by atoms with van der Waals surface area (Å²) in [5.41, 5.74) is 20.5. The number of rotatable bonds is 7. The van der Waals surface area contributed by atoms with Crippen molar-refractivity contribution >= 4 is 93.1 Å². The van der Waals surface area contributed by atoms with Crippen LogP contribution in [0.2, 0.25) is 0 Å². The second kappa shape index (κ2) is 16.7. The van der Waals surface area contributed by atoms with Crippen LogP contribution >= 0.6 is 0 Å². The van der Waals surface area contributed by atoms with Gasteiger partial charge in [0.2, 0.25) is 0 Å². The minimum Gasteiger partial charge on any atom is -0.309 e. The molecule has 0 saturated heterocycles. The summed E-state index contributed by atoms with van der Waals surface area (Å²) in [6, 6.07) is 85.9. The van der Waals surface area contributed by atoms with Gasteiger partial charge in [0.05, 0.1) is 50.0 Å². The molecule has 15 aromatic rings. The first-order valence-electron chi connectivity index (χ1n) is 26.2. The molecule has 0 saturated carbocycles. The maximum Gasteiger partial charge on any atom is 0.165 e. The van der Waals surface area contributed by atoms with Gasteiger partial charge in [-0.2, -0.15) is 0 Å². The molecular weight excluding hydrogens is 925 g/mol. The summed E-state index contributed by atoms with van der Waals surface area (Å²) in [5, 5.41) is 8.30. The minimum absolute atomic E-state index is 0.826. The highest BCUT2D eigenvalue weighted by atomic mass is 15.1. The molecule has 0 spiro atoms. The van der Waals surface area contributed by atoms with Gasteiger partial charge in [0.25, 0.3) is 0 Å². The Bertz CT molecular complexity index is 4900. The van der Waals surface area contributed by atoms with E-state index in [2.05, 4.69) is 273 Å². The third-order valence-corrected chi connectivity index (χ3v) is 15.8. The van der Waals surface area contributed by atoms with Crippen LogP contribution in [0.5, 0.6) is 0 Å². The van der Waals surface area contributed by atoms with E-state index in [1.807, 2.05) is 0 Å². The second-order valence-corrected chi connectivity index (χ2v) is 20.0. The van der Waals surface area contributed by atoms with E-state index in [4.69, 9.17) is 9.97 Å². The Morgan fingerprint density at radius 1 is 0.316 bits per heavy atom. The van der Waals surface area contributed by atoms with E-state index < -0.39 is 0 Å². The lowest BCUT2D eigenvalue weighted by Crippen LogP contribution is -2.02. The highest BCUT2D eigenvalue weighted by molar-refractivity contribution is 6.24. The van der Waals surface area contributed by atoms with Crippen molar-refractivity contribution in [3.05, 3.63) is 261 Å². The van der Waals surface area contributed by atoms with Crippen molar-refractivity contribution in [1.29, 1.82) is 0 Å². The van der Waals surface area contributed by atoms with E-state index in [1.54, 1.807) is 0 Å². The molecule has 1 aliphatic carbocycles. The number of nitrogens with zero attached hydrogens (tertiary/aromatic N) is 6. The number of fused-ring (bicyclic) bond motifs is 13. The van der Waals surface area contributed by atoms with Gasteiger partial charge in [0.1, 0.15) is 5.52 Å². The predicted octanol–water partition coefficient (Wildman–Crippen LogP) is 17.9. The van der Waals surface area contributed by atoms with Gasteiger partial charge in [-0.05, 0) is 121 Å². The molecule has 76 heavy (non-hydrogen) atoms. The molecular formula is C70H46N6. The maximum atomic E-state index is 5.75. The molecule has 0 fully saturated rings. The Balaban J connectivity index is 0.958. The van der Waals surface area contributed by atoms with Gasteiger partial charge in [-0.1, -0.05) is 164 Å². The molecule has 0 N–H and O–H groups in total. The van der Waals surface area contributed by atoms with E-state index in [9.17, 15) is 0 Å². The van der Waals surface area contributed by atoms with E-state index in [0.29, 0.717) is 0 Å². The van der Waals surface area contributed by atoms with Crippen LogP contribution in [0.1, 0.15) is 18.5 Å². The van der Waals surface area contributed by atoms with Gasteiger partial charge in [0.15, 0.2) is 5.65 Å². The first kappa shape index (κ1) is 42.5. The third-order valence-electron chi connectivity index (χ3n) is 15.8. The molecule has 1 aliphatic rings. The summed E-state index contributed by atoms with van der Waals surface area (Å²) >= 11 is 0. The molecule has 16 rings (SSSR count). The molecule has 10 aromatic carbocycles. The van der Waals surface area contributed by atoms with Crippen molar-refractivity contribution in [2.24, 2.45) is 0 Å². The number of aromatic nitrogens is 6. The number of benzene rings is 10. The monoisotopic (exact) mass is 970 g/mol. The van der Waals surface area contributed by atoms with E-state index in [0.717, 1.165) is 96.8 Å². The summed E-state index contributed by atoms with van der Waals surface area (Å²) in [6.45, 7) is 0. The highest BCUT2D eigenvalue weighted by Gasteiger charge is 2.25. The molecule has 0 radical (unpaired) electrons. The standard InChI is InChI=1S/C70H46N6/c1-6-20-45(21-7-1)65-66(46-22-8-2-9-23-46)72-70-67(71-65)59-43-48(35-40-64(59)76(70)52-36-41-62-58(44-52)54-31-17-18-32-60(54)73(62)49-24-10-3-11-25-49)47-34-39-63-57(42-47)56-38-37-55-53-30-16-19-33-61(53)74(50-26-12-4-13-27-50)68(55)69(56)75(63)51-28-14-5-15-29-51/h1-6,8-20,22-44H,7,21H2. The first-order chi connectivity index (χ1) is 37.7. The van der Waals surface area contributed by atoms with Gasteiger partial charge in [0, 0.05) is 66.0 Å². The van der Waals surface area contributed by atoms with Crippen molar-refractivity contribution in [3.8, 4) is 45.1 Å². The van der Waals surface area contributed by atoms with Gasteiger partial charge >= 0.3 is 0 Å². The van der Waals surface area contributed by atoms with E-state index in [-0.39, 0.29) is 0 Å². The molecule has 0 amide bonds. The Kier molecular flexibility index (Phi) is 9.36. The maximum absolute atomic E-state index is 5.75. The molecule has 0 unspecified atom stereocenters. The molecule has 356 valence electrons. The Hall–Kier alpha value is -10.0. The fraction of sp³-hybridized carbons (Fsp3) is 0.0286. The lowest BCUT2D eigenvalue weighted by Gasteiger charge is -2.14. The zero-order valence-electron chi connectivity index (χ0n) is 41.3. The third kappa shape index (κ3) is 6.34. The zero-order valence-corrected chi connectivity index (χ0v) is 41.3. The van der Waals surface area contributed by atoms with Crippen LogP contribution in [0.25, 0.3) is 138 Å². The number of hydrogen-bond acceptors (Lipinski definition) is 2. The normalized spacial score (nSPS) is 12.9. The van der Waals surface area contributed by atoms with Crippen molar-refractivity contribution in [2.45, 2.75) is 12.8 Å². The van der Waals surface area contributed by atoms with Gasteiger partial charge in [-0.3, -0.25) is 4.57 Å². The van der Waals surface area contributed by atoms with Gasteiger partial charge in [-0.25, -0.2) is 9.97 Å². The second-order valence-electron chi connectivity index (χ2n) is 20.0. The van der Waals surface area contributed by atoms with Crippen molar-refractivity contribution in [3.63, 3.8) is 0 Å². The Morgan fingerprint density at radius 3 is 1.43 bits per heavy atom. The average molecular weight is 971 g/mol. The molecule has 5 aromatic heterocycles. The fourth-order valence-corrected chi connectivity index (χ4v) is 12.4. The molecule has 5 heterocycles. The van der Waals surface area contributed by atoms with Gasteiger partial charge in [-0.15, -0.1) is 0 Å². The summed E-state index contributed by atoms with van der Waals surface area (Å²) in [4.78, 5) is 11.5. The fourth-order valence-electron chi connectivity index (χ4n) is 12.4. The summed E-state index contributed by atoms with van der Waals surface area (Å²) in [6.07, 6.45) is 8.49. The quantitative estimate of drug-likeness (QED) is 0.160. The van der Waals surface area contributed by atoms with Crippen LogP contribution in [0.4, 0.5) is 0 Å². The molecule has 6 heteroatoms. The lowest BCUT2D eigenvalue weighted by atomic mass is 9.97. The van der Waals surface area contributed by atoms with Crippen molar-refractivity contribution in [1.82, 2.24) is 28.2 Å². The predicted molar refractivity (Wildman–Crippen MR) is 317 cm³/mol. The first-order valence-corrected chi connectivity index (χ1v) is 26.2. The average Bonchev–Trinajstić information content (AvgIpc) is 4.41. The Morgan fingerprint density at radius 2 is 0.803 bits per heavy atom. The number of hydrogen-bond donors (Lipinski definition) is 0. The number of para-hydroxylation sites is 5. The molecule has 0 aliphatic heterocycles. The molecule has 0 atom stereocenters. The van der Waals surface area contributed by atoms with Crippen LogP contribution in [0.15, 0.2) is 255 Å². The van der Waals surface area contributed by atoms with Crippen LogP contribution in [0, 0.1) is 0 Å². The molecule has 6 nitrogen and oxygen atoms in total. The smallest absolute Gasteiger partial charge is 0.165 e. The van der Waals surface area contributed by atoms with Crippen LogP contribution in [0.3, 0.4) is 0 Å². The molecule has 0 bridgehead atoms. The Labute approximate surface area is 437 Å².